The summed E-state index contributed by atoms with van der Waals surface area (Å²) in [6.45, 7) is 20.2. The number of aliphatic imine (C=N–C) groups is 1. The smallest absolute Gasteiger partial charge is 0.0729 e. The summed E-state index contributed by atoms with van der Waals surface area (Å²) < 4.78 is 0. The monoisotopic (exact) mass is 293 g/mol. The van der Waals surface area contributed by atoms with Crippen LogP contribution >= 0.6 is 0 Å². The Hall–Kier alpha value is -2.15. The topological polar surface area (TPSA) is 12.4 Å². The van der Waals surface area contributed by atoms with Gasteiger partial charge in [0.05, 0.1) is 5.70 Å². The van der Waals surface area contributed by atoms with Gasteiger partial charge in [-0.25, -0.2) is 0 Å². The molecule has 0 saturated heterocycles. The van der Waals surface area contributed by atoms with Crippen molar-refractivity contribution in [1.29, 1.82) is 0 Å². The fraction of sp³-hybridized carbons (Fsp3) is 0.286. The van der Waals surface area contributed by atoms with Gasteiger partial charge >= 0.3 is 0 Å². The maximum atomic E-state index is 4.31. The molecule has 0 heterocycles. The van der Waals surface area contributed by atoms with E-state index in [1.807, 2.05) is 12.2 Å². The molecule has 116 valence electrons. The molecule has 0 atom stereocenters. The summed E-state index contributed by atoms with van der Waals surface area (Å²) in [6, 6.07) is 4.39. The predicted octanol–water partition coefficient (Wildman–Crippen LogP) is 6.12. The molecular formula is C21H27N. The first-order valence-electron chi connectivity index (χ1n) is 7.55. The summed E-state index contributed by atoms with van der Waals surface area (Å²) in [6.07, 6.45) is 5.99. The van der Waals surface area contributed by atoms with Crippen molar-refractivity contribution in [2.45, 2.75) is 41.5 Å². The van der Waals surface area contributed by atoms with Gasteiger partial charge in [-0.2, -0.15) is 0 Å². The van der Waals surface area contributed by atoms with Crippen LogP contribution in [0.2, 0.25) is 0 Å². The number of rotatable bonds is 5. The first-order valence-corrected chi connectivity index (χ1v) is 7.55. The van der Waals surface area contributed by atoms with Crippen molar-refractivity contribution in [3.63, 3.8) is 0 Å². The lowest BCUT2D eigenvalue weighted by Crippen LogP contribution is -1.95. The molecule has 0 unspecified atom stereocenters. The van der Waals surface area contributed by atoms with Crippen LogP contribution in [0.4, 0.5) is 0 Å². The molecule has 0 radical (unpaired) electrons. The van der Waals surface area contributed by atoms with E-state index in [2.05, 4.69) is 78.0 Å². The molecule has 0 aromatic heterocycles. The number of nitrogens with zero attached hydrogens (tertiary/aromatic N) is 1. The second-order valence-electron chi connectivity index (χ2n) is 5.88. The second-order valence-corrected chi connectivity index (χ2v) is 5.88. The highest BCUT2D eigenvalue weighted by molar-refractivity contribution is 5.76. The van der Waals surface area contributed by atoms with Crippen LogP contribution in [0.25, 0.3) is 5.70 Å². The predicted molar refractivity (Wildman–Crippen MR) is 101 cm³/mol. The van der Waals surface area contributed by atoms with Gasteiger partial charge in [0.2, 0.25) is 0 Å². The molecule has 0 bridgehead atoms. The van der Waals surface area contributed by atoms with Gasteiger partial charge in [-0.1, -0.05) is 42.5 Å². The molecule has 0 aliphatic heterocycles. The summed E-state index contributed by atoms with van der Waals surface area (Å²) in [7, 11) is 0. The summed E-state index contributed by atoms with van der Waals surface area (Å²) in [5.74, 6) is 0. The number of hydrogen-bond acceptors (Lipinski definition) is 1. The summed E-state index contributed by atoms with van der Waals surface area (Å²) >= 11 is 0. The van der Waals surface area contributed by atoms with Gasteiger partial charge < -0.3 is 0 Å². The second kappa shape index (κ2) is 7.74. The standard InChI is InChI=1S/C21H27N/c1-9-10-15(3)16(4)13-19(7)21(22-8)20-17(5)11-14(2)12-18(20)6/h9-13H,1,8H2,2-7H3/b15-10-,16-13+,21-19+. The van der Waals surface area contributed by atoms with Crippen molar-refractivity contribution in [1.82, 2.24) is 0 Å². The Kier molecular flexibility index (Phi) is 6.30. The first kappa shape index (κ1) is 17.9. The van der Waals surface area contributed by atoms with Crippen LogP contribution in [0.5, 0.6) is 0 Å². The Bertz CT molecular complexity index is 659. The zero-order valence-corrected chi connectivity index (χ0v) is 14.7. The molecule has 0 saturated carbocycles. The number of allylic oxidation sites excluding steroid dienone is 6. The zero-order chi connectivity index (χ0) is 16.9. The van der Waals surface area contributed by atoms with E-state index in [1.165, 1.54) is 33.4 Å². The van der Waals surface area contributed by atoms with Crippen molar-refractivity contribution in [2.24, 2.45) is 4.99 Å². The van der Waals surface area contributed by atoms with E-state index in [9.17, 15) is 0 Å². The molecule has 1 nitrogen and oxygen atoms in total. The zero-order valence-electron chi connectivity index (χ0n) is 14.7. The molecule has 0 aliphatic carbocycles. The normalized spacial score (nSPS) is 13.7. The van der Waals surface area contributed by atoms with Crippen LogP contribution in [0, 0.1) is 20.8 Å². The molecule has 22 heavy (non-hydrogen) atoms. The molecule has 0 N–H and O–H groups in total. The van der Waals surface area contributed by atoms with Crippen molar-refractivity contribution in [3.8, 4) is 0 Å². The van der Waals surface area contributed by atoms with Crippen LogP contribution in [0.3, 0.4) is 0 Å². The van der Waals surface area contributed by atoms with Crippen LogP contribution in [-0.2, 0) is 0 Å². The number of benzene rings is 1. The Labute approximate surface area is 135 Å². The lowest BCUT2D eigenvalue weighted by molar-refractivity contribution is 1.26. The van der Waals surface area contributed by atoms with E-state index in [0.29, 0.717) is 0 Å². The molecule has 0 spiro atoms. The highest BCUT2D eigenvalue weighted by Gasteiger charge is 2.10. The number of hydrogen-bond donors (Lipinski definition) is 0. The van der Waals surface area contributed by atoms with E-state index in [-0.39, 0.29) is 0 Å². The maximum absolute atomic E-state index is 4.31. The van der Waals surface area contributed by atoms with Crippen LogP contribution in [0.15, 0.2) is 58.7 Å². The Balaban J connectivity index is 3.48. The fourth-order valence-electron chi connectivity index (χ4n) is 2.77. The van der Waals surface area contributed by atoms with Crippen LogP contribution < -0.4 is 0 Å². The third-order valence-electron chi connectivity index (χ3n) is 3.87. The average molecular weight is 293 g/mol. The lowest BCUT2D eigenvalue weighted by atomic mass is 9.94. The van der Waals surface area contributed by atoms with Crippen LogP contribution in [0.1, 0.15) is 43.0 Å². The van der Waals surface area contributed by atoms with E-state index < -0.39 is 0 Å². The largest absolute Gasteiger partial charge is 0.264 e. The Morgan fingerprint density at radius 1 is 1.00 bits per heavy atom. The average Bonchev–Trinajstić information content (AvgIpc) is 2.42. The summed E-state index contributed by atoms with van der Waals surface area (Å²) in [5.41, 5.74) is 9.44. The van der Waals surface area contributed by atoms with E-state index in [0.717, 1.165) is 11.3 Å². The molecule has 0 fully saturated rings. The van der Waals surface area contributed by atoms with Crippen molar-refractivity contribution >= 4 is 12.4 Å². The lowest BCUT2D eigenvalue weighted by Gasteiger charge is -2.14. The third-order valence-corrected chi connectivity index (χ3v) is 3.87. The van der Waals surface area contributed by atoms with Crippen molar-refractivity contribution in [3.05, 3.63) is 75.9 Å². The summed E-state index contributed by atoms with van der Waals surface area (Å²) in [5, 5.41) is 0. The van der Waals surface area contributed by atoms with Crippen molar-refractivity contribution in [2.75, 3.05) is 0 Å². The van der Waals surface area contributed by atoms with Gasteiger partial charge in [-0.05, 0) is 76.1 Å². The van der Waals surface area contributed by atoms with Gasteiger partial charge in [0.1, 0.15) is 0 Å². The van der Waals surface area contributed by atoms with E-state index in [1.54, 1.807) is 0 Å². The minimum Gasteiger partial charge on any atom is -0.264 e. The molecule has 0 amide bonds. The minimum absolute atomic E-state index is 0.959. The molecule has 1 aromatic rings. The Morgan fingerprint density at radius 2 is 1.55 bits per heavy atom. The first-order chi connectivity index (χ1) is 10.3. The summed E-state index contributed by atoms with van der Waals surface area (Å²) in [4.78, 5) is 4.31. The van der Waals surface area contributed by atoms with Gasteiger partial charge in [0, 0.05) is 5.56 Å². The van der Waals surface area contributed by atoms with E-state index in [4.69, 9.17) is 0 Å². The SMILES string of the molecule is C=C\C=C(C)/C(C)=C/C(C)=C(/N=C)c1c(C)cc(C)cc1C. The van der Waals surface area contributed by atoms with Gasteiger partial charge in [-0.15, -0.1) is 0 Å². The van der Waals surface area contributed by atoms with Gasteiger partial charge in [0.25, 0.3) is 0 Å². The third kappa shape index (κ3) is 4.17. The van der Waals surface area contributed by atoms with E-state index >= 15 is 0 Å². The highest BCUT2D eigenvalue weighted by atomic mass is 14.7. The molecule has 1 aromatic carbocycles. The van der Waals surface area contributed by atoms with Crippen molar-refractivity contribution < 1.29 is 0 Å². The molecule has 1 heteroatoms. The molecular weight excluding hydrogens is 266 g/mol. The molecule has 1 rings (SSSR count). The minimum atomic E-state index is 0.959. The molecule has 0 aliphatic rings. The Morgan fingerprint density at radius 3 is 2.00 bits per heavy atom. The van der Waals surface area contributed by atoms with Gasteiger partial charge in [0.15, 0.2) is 0 Å². The van der Waals surface area contributed by atoms with Crippen LogP contribution in [-0.4, -0.2) is 6.72 Å². The van der Waals surface area contributed by atoms with Gasteiger partial charge in [-0.3, -0.25) is 4.99 Å². The maximum Gasteiger partial charge on any atom is 0.0729 e. The number of aryl methyl sites for hydroxylation is 3. The highest BCUT2D eigenvalue weighted by Crippen LogP contribution is 2.29. The quantitative estimate of drug-likeness (QED) is 0.458. The fourth-order valence-corrected chi connectivity index (χ4v) is 2.77.